The number of benzene rings is 1. The largest absolute Gasteiger partial charge is 0.337 e. The van der Waals surface area contributed by atoms with E-state index in [2.05, 4.69) is 4.98 Å². The van der Waals surface area contributed by atoms with Crippen LogP contribution >= 0.6 is 23.8 Å². The van der Waals surface area contributed by atoms with Crippen molar-refractivity contribution >= 4 is 23.8 Å². The van der Waals surface area contributed by atoms with Crippen molar-refractivity contribution < 1.29 is 8.78 Å². The van der Waals surface area contributed by atoms with Crippen LogP contribution in [0.4, 0.5) is 8.78 Å². The second kappa shape index (κ2) is 4.82. The Morgan fingerprint density at radius 2 is 2.00 bits per heavy atom. The van der Waals surface area contributed by atoms with E-state index in [-0.39, 0.29) is 16.6 Å². The SMILES string of the molecule is CC(C)c1c[nH]c(=S)n1-c1c(F)cc(F)cc1Cl. The van der Waals surface area contributed by atoms with Crippen molar-refractivity contribution in [2.45, 2.75) is 19.8 Å². The van der Waals surface area contributed by atoms with Crippen LogP contribution in [0.1, 0.15) is 25.5 Å². The predicted molar refractivity (Wildman–Crippen MR) is 70.0 cm³/mol. The molecule has 1 aromatic heterocycles. The van der Waals surface area contributed by atoms with Gasteiger partial charge in [-0.15, -0.1) is 0 Å². The molecule has 0 saturated carbocycles. The third kappa shape index (κ3) is 2.20. The van der Waals surface area contributed by atoms with Crippen LogP contribution in [-0.4, -0.2) is 9.55 Å². The van der Waals surface area contributed by atoms with Crippen LogP contribution in [0.5, 0.6) is 0 Å². The van der Waals surface area contributed by atoms with E-state index in [1.165, 1.54) is 4.57 Å². The molecule has 0 aliphatic carbocycles. The van der Waals surface area contributed by atoms with Crippen molar-refractivity contribution in [1.82, 2.24) is 9.55 Å². The Kier molecular flexibility index (Phi) is 3.54. The Balaban J connectivity index is 2.77. The van der Waals surface area contributed by atoms with Gasteiger partial charge in [0, 0.05) is 18.0 Å². The minimum Gasteiger partial charge on any atom is -0.337 e. The molecule has 0 bridgehead atoms. The van der Waals surface area contributed by atoms with Gasteiger partial charge < -0.3 is 4.98 Å². The standard InChI is InChI=1S/C12H11ClF2N2S/c1-6(2)10-5-16-12(18)17(10)11-8(13)3-7(14)4-9(11)15/h3-6H,1-2H3,(H,16,18). The molecule has 2 nitrogen and oxygen atoms in total. The number of aromatic nitrogens is 2. The van der Waals surface area contributed by atoms with Crippen molar-refractivity contribution in [3.63, 3.8) is 0 Å². The summed E-state index contributed by atoms with van der Waals surface area (Å²) in [6.45, 7) is 3.90. The van der Waals surface area contributed by atoms with Gasteiger partial charge >= 0.3 is 0 Å². The highest BCUT2D eigenvalue weighted by molar-refractivity contribution is 7.71. The van der Waals surface area contributed by atoms with Crippen LogP contribution < -0.4 is 0 Å². The number of halogens is 3. The summed E-state index contributed by atoms with van der Waals surface area (Å²) in [5.41, 5.74) is 0.862. The number of hydrogen-bond acceptors (Lipinski definition) is 1. The second-order valence-corrected chi connectivity index (χ2v) is 5.02. The molecule has 6 heteroatoms. The van der Waals surface area contributed by atoms with Gasteiger partial charge in [-0.3, -0.25) is 4.57 Å². The molecule has 0 aliphatic heterocycles. The quantitative estimate of drug-likeness (QED) is 0.802. The van der Waals surface area contributed by atoms with Crippen LogP contribution in [0, 0.1) is 16.4 Å². The molecule has 2 aromatic rings. The summed E-state index contributed by atoms with van der Waals surface area (Å²) in [6, 6.07) is 1.86. The Labute approximate surface area is 113 Å². The van der Waals surface area contributed by atoms with Crippen molar-refractivity contribution in [1.29, 1.82) is 0 Å². The molecule has 1 aromatic carbocycles. The van der Waals surface area contributed by atoms with E-state index in [0.717, 1.165) is 17.8 Å². The van der Waals surface area contributed by atoms with Crippen molar-refractivity contribution in [2.75, 3.05) is 0 Å². The molecule has 0 unspecified atom stereocenters. The molecule has 1 heterocycles. The number of nitrogens with zero attached hydrogens (tertiary/aromatic N) is 1. The fourth-order valence-electron chi connectivity index (χ4n) is 1.79. The lowest BCUT2D eigenvalue weighted by Gasteiger charge is -2.13. The maximum absolute atomic E-state index is 13.9. The fraction of sp³-hybridized carbons (Fsp3) is 0.250. The zero-order valence-electron chi connectivity index (χ0n) is 9.80. The smallest absolute Gasteiger partial charge is 0.182 e. The highest BCUT2D eigenvalue weighted by Gasteiger charge is 2.17. The highest BCUT2D eigenvalue weighted by Crippen LogP contribution is 2.28. The minimum atomic E-state index is -0.738. The van der Waals surface area contributed by atoms with Gasteiger partial charge in [0.2, 0.25) is 0 Å². The maximum atomic E-state index is 13.9. The third-order valence-corrected chi connectivity index (χ3v) is 3.19. The van der Waals surface area contributed by atoms with E-state index in [4.69, 9.17) is 23.8 Å². The molecule has 0 fully saturated rings. The Morgan fingerprint density at radius 1 is 1.33 bits per heavy atom. The molecule has 0 atom stereocenters. The van der Waals surface area contributed by atoms with Gasteiger partial charge in [0.25, 0.3) is 0 Å². The summed E-state index contributed by atoms with van der Waals surface area (Å²) < 4.78 is 28.8. The highest BCUT2D eigenvalue weighted by atomic mass is 35.5. The number of nitrogens with one attached hydrogen (secondary N) is 1. The first-order valence-electron chi connectivity index (χ1n) is 5.37. The summed E-state index contributed by atoms with van der Waals surface area (Å²) in [7, 11) is 0. The summed E-state index contributed by atoms with van der Waals surface area (Å²) in [5, 5.41) is -0.00917. The van der Waals surface area contributed by atoms with Gasteiger partial charge in [-0.05, 0) is 24.2 Å². The average Bonchev–Trinajstić information content (AvgIpc) is 2.59. The Morgan fingerprint density at radius 3 is 2.56 bits per heavy atom. The first kappa shape index (κ1) is 13.2. The van der Waals surface area contributed by atoms with Gasteiger partial charge in [-0.1, -0.05) is 25.4 Å². The van der Waals surface area contributed by atoms with E-state index in [1.54, 1.807) is 6.20 Å². The molecular formula is C12H11ClF2N2S. The summed E-state index contributed by atoms with van der Waals surface area (Å²) >= 11 is 11.0. The lowest BCUT2D eigenvalue weighted by atomic mass is 10.1. The number of rotatable bonds is 2. The summed E-state index contributed by atoms with van der Waals surface area (Å²) in [5.74, 6) is -1.33. The predicted octanol–water partition coefficient (Wildman–Crippen LogP) is 4.59. The van der Waals surface area contributed by atoms with Crippen LogP contribution in [0.25, 0.3) is 5.69 Å². The van der Waals surface area contributed by atoms with Gasteiger partial charge in [0.05, 0.1) is 5.02 Å². The van der Waals surface area contributed by atoms with E-state index >= 15 is 0 Å². The second-order valence-electron chi connectivity index (χ2n) is 4.23. The maximum Gasteiger partial charge on any atom is 0.182 e. The number of aromatic amines is 1. The summed E-state index contributed by atoms with van der Waals surface area (Å²) in [4.78, 5) is 2.84. The van der Waals surface area contributed by atoms with Gasteiger partial charge in [-0.2, -0.15) is 0 Å². The average molecular weight is 289 g/mol. The fourth-order valence-corrected chi connectivity index (χ4v) is 2.32. The van der Waals surface area contributed by atoms with E-state index in [9.17, 15) is 8.78 Å². The van der Waals surface area contributed by atoms with E-state index < -0.39 is 11.6 Å². The molecule has 0 spiro atoms. The van der Waals surface area contributed by atoms with Crippen LogP contribution in [0.2, 0.25) is 5.02 Å². The van der Waals surface area contributed by atoms with Gasteiger partial charge in [0.15, 0.2) is 10.6 Å². The molecule has 0 amide bonds. The van der Waals surface area contributed by atoms with Gasteiger partial charge in [0.1, 0.15) is 11.5 Å². The number of imidazole rings is 1. The first-order valence-corrected chi connectivity index (χ1v) is 6.15. The minimum absolute atomic E-state index is 0.00917. The van der Waals surface area contributed by atoms with Crippen LogP contribution in [0.15, 0.2) is 18.3 Å². The monoisotopic (exact) mass is 288 g/mol. The zero-order chi connectivity index (χ0) is 13.4. The number of H-pyrrole nitrogens is 1. The lowest BCUT2D eigenvalue weighted by molar-refractivity contribution is 0.575. The third-order valence-electron chi connectivity index (χ3n) is 2.60. The molecule has 0 saturated heterocycles. The Bertz CT molecular complexity index is 623. The molecule has 1 N–H and O–H groups in total. The molecular weight excluding hydrogens is 278 g/mol. The number of hydrogen-bond donors (Lipinski definition) is 1. The topological polar surface area (TPSA) is 20.7 Å². The van der Waals surface area contributed by atoms with Crippen molar-refractivity contribution in [3.05, 3.63) is 45.5 Å². The van der Waals surface area contributed by atoms with Gasteiger partial charge in [-0.25, -0.2) is 8.78 Å². The van der Waals surface area contributed by atoms with E-state index in [1.807, 2.05) is 13.8 Å². The normalized spacial score (nSPS) is 11.2. The zero-order valence-corrected chi connectivity index (χ0v) is 11.4. The molecule has 96 valence electrons. The van der Waals surface area contributed by atoms with Crippen molar-refractivity contribution in [3.8, 4) is 5.69 Å². The Hall–Kier alpha value is -1.20. The lowest BCUT2D eigenvalue weighted by Crippen LogP contribution is -2.05. The van der Waals surface area contributed by atoms with Crippen LogP contribution in [0.3, 0.4) is 0 Å². The van der Waals surface area contributed by atoms with E-state index in [0.29, 0.717) is 4.77 Å². The first-order chi connectivity index (χ1) is 8.41. The molecule has 0 aliphatic rings. The molecule has 0 radical (unpaired) electrons. The molecule has 18 heavy (non-hydrogen) atoms. The van der Waals surface area contributed by atoms with Crippen molar-refractivity contribution in [2.24, 2.45) is 0 Å². The van der Waals surface area contributed by atoms with Crippen LogP contribution in [-0.2, 0) is 0 Å². The molecule has 2 rings (SSSR count). The summed E-state index contributed by atoms with van der Waals surface area (Å²) in [6.07, 6.45) is 1.70.